The number of hydrogen-bond acceptors (Lipinski definition) is 5. The number of hydrogen-bond donors (Lipinski definition) is 0. The van der Waals surface area contributed by atoms with Crippen molar-refractivity contribution in [2.75, 3.05) is 6.61 Å². The second kappa shape index (κ2) is 9.78. The van der Waals surface area contributed by atoms with Crippen LogP contribution in [-0.4, -0.2) is 22.5 Å². The first kappa shape index (κ1) is 23.5. The minimum Gasteiger partial charge on any atom is -0.492 e. The average molecular weight is 740 g/mol. The van der Waals surface area contributed by atoms with Gasteiger partial charge in [-0.3, -0.25) is 4.79 Å². The Morgan fingerprint density at radius 1 is 1.12 bits per heavy atom. The fourth-order valence-electron chi connectivity index (χ4n) is 3.58. The van der Waals surface area contributed by atoms with E-state index in [0.29, 0.717) is 34.7 Å². The average Bonchev–Trinajstić information content (AvgIpc) is 3.24. The van der Waals surface area contributed by atoms with Crippen LogP contribution in [0.1, 0.15) is 12.5 Å². The first-order valence-corrected chi connectivity index (χ1v) is 13.3. The van der Waals surface area contributed by atoms with Gasteiger partial charge in [0.25, 0.3) is 5.56 Å². The minimum absolute atomic E-state index is 0.270. The summed E-state index contributed by atoms with van der Waals surface area (Å²) >= 11 is 7.97. The Morgan fingerprint density at radius 2 is 1.88 bits per heavy atom. The Hall–Kier alpha value is -2.25. The SMILES string of the molecule is CCOc1c(I)cc(C=Nn2c(-c3cc4cc(Br)ccc4o3)nc3ccccc3c2=O)cc1I. The highest BCUT2D eigenvalue weighted by Gasteiger charge is 2.17. The lowest BCUT2D eigenvalue weighted by Crippen LogP contribution is -2.20. The summed E-state index contributed by atoms with van der Waals surface area (Å²) in [5.41, 5.74) is 1.86. The molecule has 3 aromatic carbocycles. The van der Waals surface area contributed by atoms with Crippen molar-refractivity contribution in [1.82, 2.24) is 9.66 Å². The van der Waals surface area contributed by atoms with Gasteiger partial charge in [-0.25, -0.2) is 4.98 Å². The van der Waals surface area contributed by atoms with E-state index < -0.39 is 0 Å². The molecule has 2 heterocycles. The molecule has 0 saturated heterocycles. The Labute approximate surface area is 230 Å². The zero-order valence-electron chi connectivity index (χ0n) is 17.8. The van der Waals surface area contributed by atoms with E-state index in [0.717, 1.165) is 28.3 Å². The second-order valence-electron chi connectivity index (χ2n) is 7.35. The van der Waals surface area contributed by atoms with Crippen molar-refractivity contribution >= 4 is 89.2 Å². The molecule has 0 saturated carbocycles. The highest BCUT2D eigenvalue weighted by atomic mass is 127. The lowest BCUT2D eigenvalue weighted by Gasteiger charge is -2.10. The van der Waals surface area contributed by atoms with Crippen molar-refractivity contribution in [3.8, 4) is 17.3 Å². The van der Waals surface area contributed by atoms with E-state index in [1.54, 1.807) is 12.3 Å². The van der Waals surface area contributed by atoms with Crippen LogP contribution in [0.2, 0.25) is 0 Å². The summed E-state index contributed by atoms with van der Waals surface area (Å²) in [6.07, 6.45) is 1.65. The van der Waals surface area contributed by atoms with E-state index in [9.17, 15) is 4.79 Å². The van der Waals surface area contributed by atoms with E-state index in [4.69, 9.17) is 14.1 Å². The molecule has 0 atom stereocenters. The van der Waals surface area contributed by atoms with Gasteiger partial charge in [-0.1, -0.05) is 28.1 Å². The maximum atomic E-state index is 13.4. The third-order valence-electron chi connectivity index (χ3n) is 5.08. The molecule has 5 aromatic rings. The minimum atomic E-state index is -0.270. The summed E-state index contributed by atoms with van der Waals surface area (Å²) in [6, 6.07) is 18.8. The molecule has 170 valence electrons. The summed E-state index contributed by atoms with van der Waals surface area (Å²) in [4.78, 5) is 18.2. The zero-order chi connectivity index (χ0) is 23.8. The van der Waals surface area contributed by atoms with Gasteiger partial charge in [0.15, 0.2) is 5.76 Å². The Kier molecular flexibility index (Phi) is 6.76. The van der Waals surface area contributed by atoms with E-state index in [1.165, 1.54) is 4.68 Å². The van der Waals surface area contributed by atoms with E-state index in [2.05, 4.69) is 66.2 Å². The summed E-state index contributed by atoms with van der Waals surface area (Å²) in [5.74, 6) is 1.64. The van der Waals surface area contributed by atoms with Crippen molar-refractivity contribution in [2.45, 2.75) is 6.92 Å². The summed E-state index contributed by atoms with van der Waals surface area (Å²) in [5, 5.41) is 5.93. The third-order valence-corrected chi connectivity index (χ3v) is 7.18. The van der Waals surface area contributed by atoms with E-state index in [-0.39, 0.29) is 5.56 Å². The molecule has 0 N–H and O–H groups in total. The van der Waals surface area contributed by atoms with Crippen LogP contribution in [-0.2, 0) is 0 Å². The number of benzene rings is 3. The lowest BCUT2D eigenvalue weighted by molar-refractivity contribution is 0.335. The molecule has 5 rings (SSSR count). The highest BCUT2D eigenvalue weighted by molar-refractivity contribution is 14.1. The van der Waals surface area contributed by atoms with Gasteiger partial charge in [-0.2, -0.15) is 9.78 Å². The largest absolute Gasteiger partial charge is 0.492 e. The summed E-state index contributed by atoms with van der Waals surface area (Å²) in [7, 11) is 0. The Morgan fingerprint density at radius 3 is 2.65 bits per heavy atom. The maximum absolute atomic E-state index is 13.4. The van der Waals surface area contributed by atoms with Gasteiger partial charge in [0.1, 0.15) is 11.3 Å². The third kappa shape index (κ3) is 4.52. The predicted molar refractivity (Wildman–Crippen MR) is 155 cm³/mol. The summed E-state index contributed by atoms with van der Waals surface area (Å²) in [6.45, 7) is 2.55. The van der Waals surface area contributed by atoms with Gasteiger partial charge in [-0.15, -0.1) is 0 Å². The normalized spacial score (nSPS) is 11.6. The van der Waals surface area contributed by atoms with Crippen LogP contribution >= 0.6 is 61.1 Å². The molecule has 0 amide bonds. The number of nitrogens with zero attached hydrogens (tertiary/aromatic N) is 3. The van der Waals surface area contributed by atoms with Gasteiger partial charge in [-0.05, 0) is 106 Å². The highest BCUT2D eigenvalue weighted by Crippen LogP contribution is 2.30. The second-order valence-corrected chi connectivity index (χ2v) is 10.6. The Bertz CT molecular complexity index is 1620. The van der Waals surface area contributed by atoms with Crippen LogP contribution in [0.5, 0.6) is 5.75 Å². The first-order chi connectivity index (χ1) is 16.4. The van der Waals surface area contributed by atoms with Crippen LogP contribution in [0.3, 0.4) is 0 Å². The van der Waals surface area contributed by atoms with Crippen LogP contribution in [0.15, 0.2) is 79.4 Å². The maximum Gasteiger partial charge on any atom is 0.282 e. The van der Waals surface area contributed by atoms with Crippen molar-refractivity contribution in [3.63, 3.8) is 0 Å². The van der Waals surface area contributed by atoms with Crippen LogP contribution in [0.4, 0.5) is 0 Å². The molecular formula is C25H16BrI2N3O3. The molecule has 0 fully saturated rings. The fourth-order valence-corrected chi connectivity index (χ4v) is 6.08. The van der Waals surface area contributed by atoms with Gasteiger partial charge in [0, 0.05) is 9.86 Å². The molecule has 0 radical (unpaired) electrons. The molecule has 0 spiro atoms. The van der Waals surface area contributed by atoms with Crippen LogP contribution in [0.25, 0.3) is 33.5 Å². The number of rotatable bonds is 5. The number of ether oxygens (including phenoxy) is 1. The molecule has 0 aliphatic heterocycles. The smallest absolute Gasteiger partial charge is 0.282 e. The topological polar surface area (TPSA) is 69.6 Å². The molecule has 9 heteroatoms. The van der Waals surface area contributed by atoms with Crippen molar-refractivity contribution < 1.29 is 9.15 Å². The predicted octanol–water partition coefficient (Wildman–Crippen LogP) is 7.06. The zero-order valence-corrected chi connectivity index (χ0v) is 23.7. The molecule has 0 bridgehead atoms. The molecule has 34 heavy (non-hydrogen) atoms. The lowest BCUT2D eigenvalue weighted by atomic mass is 10.2. The monoisotopic (exact) mass is 739 g/mol. The summed E-state index contributed by atoms with van der Waals surface area (Å²) < 4.78 is 16.0. The number of aromatic nitrogens is 2. The van der Waals surface area contributed by atoms with E-state index in [1.807, 2.05) is 61.5 Å². The number of fused-ring (bicyclic) bond motifs is 2. The standard InChI is InChI=1S/C25H16BrI2N3O3/c1-2-33-23-18(27)9-14(10-19(23)28)13-29-31-24(30-20-6-4-3-5-17(20)25(31)32)22-12-15-11-16(26)7-8-21(15)34-22/h3-13H,2H2,1H3. The first-order valence-electron chi connectivity index (χ1n) is 10.3. The molecule has 2 aromatic heterocycles. The van der Waals surface area contributed by atoms with Gasteiger partial charge < -0.3 is 9.15 Å². The van der Waals surface area contributed by atoms with E-state index >= 15 is 0 Å². The molecular weight excluding hydrogens is 724 g/mol. The van der Waals surface area contributed by atoms with Crippen molar-refractivity contribution in [2.24, 2.45) is 5.10 Å². The quantitative estimate of drug-likeness (QED) is 0.143. The molecule has 6 nitrogen and oxygen atoms in total. The number of furan rings is 1. The Balaban J connectivity index is 1.68. The van der Waals surface area contributed by atoms with Crippen molar-refractivity contribution in [3.05, 3.63) is 88.2 Å². The molecule has 0 aliphatic rings. The number of para-hydroxylation sites is 1. The number of halogens is 3. The van der Waals surface area contributed by atoms with Crippen LogP contribution < -0.4 is 10.3 Å². The van der Waals surface area contributed by atoms with Gasteiger partial charge >= 0.3 is 0 Å². The van der Waals surface area contributed by atoms with Crippen molar-refractivity contribution in [1.29, 1.82) is 0 Å². The van der Waals surface area contributed by atoms with Gasteiger partial charge in [0.05, 0.1) is 30.9 Å². The van der Waals surface area contributed by atoms with Crippen LogP contribution in [0, 0.1) is 7.14 Å². The molecule has 0 unspecified atom stereocenters. The molecule has 0 aliphatic carbocycles. The van der Waals surface area contributed by atoms with Gasteiger partial charge in [0.2, 0.25) is 5.82 Å². The fraction of sp³-hybridized carbons (Fsp3) is 0.0800.